The summed E-state index contributed by atoms with van der Waals surface area (Å²) in [6.07, 6.45) is 5.09. The van der Waals surface area contributed by atoms with Gasteiger partial charge in [0.1, 0.15) is 18.2 Å². The summed E-state index contributed by atoms with van der Waals surface area (Å²) in [6, 6.07) is 18.8. The molecule has 2 saturated heterocycles. The fourth-order valence-electron chi connectivity index (χ4n) is 5.84. The summed E-state index contributed by atoms with van der Waals surface area (Å²) in [7, 11) is 0. The third kappa shape index (κ3) is 5.77. The fourth-order valence-corrected chi connectivity index (χ4v) is 6.00. The van der Waals surface area contributed by atoms with Crippen LogP contribution in [-0.2, 0) is 24.4 Å². The Bertz CT molecular complexity index is 1680. The minimum atomic E-state index is -0.377. The molecule has 2 aromatic carbocycles. The van der Waals surface area contributed by atoms with E-state index >= 15 is 0 Å². The number of hydrogen-bond donors (Lipinski definition) is 1. The van der Waals surface area contributed by atoms with Crippen molar-refractivity contribution < 1.29 is 13.9 Å². The Balaban J connectivity index is 1.02. The van der Waals surface area contributed by atoms with Crippen LogP contribution in [0.25, 0.3) is 22.3 Å². The highest BCUT2D eigenvalue weighted by Crippen LogP contribution is 2.31. The number of pyridine rings is 1. The van der Waals surface area contributed by atoms with E-state index in [9.17, 15) is 4.39 Å². The number of piperidine rings is 1. The minimum absolute atomic E-state index is 0.105. The molecule has 3 aromatic heterocycles. The SMILES string of the molecule is Fc1cc(Cl)ccc1COc1cccc(C2CCN(Cc3nc4cc(-c5ccn[nH]5)ccc4n3CC3CCO3)CC2)n1. The Morgan fingerprint density at radius 3 is 2.67 bits per heavy atom. The maximum Gasteiger partial charge on any atom is 0.213 e. The van der Waals surface area contributed by atoms with Gasteiger partial charge in [-0.15, -0.1) is 0 Å². The molecular formula is C32H32ClFN6O2. The maximum atomic E-state index is 14.2. The summed E-state index contributed by atoms with van der Waals surface area (Å²) in [5, 5.41) is 7.51. The van der Waals surface area contributed by atoms with E-state index in [-0.39, 0.29) is 18.5 Å². The van der Waals surface area contributed by atoms with Crippen LogP contribution in [0.15, 0.2) is 66.9 Å². The van der Waals surface area contributed by atoms with E-state index in [2.05, 4.69) is 43.9 Å². The molecule has 0 saturated carbocycles. The molecule has 10 heteroatoms. The molecule has 2 aliphatic rings. The summed E-state index contributed by atoms with van der Waals surface area (Å²) < 4.78 is 28.1. The number of imidazole rings is 1. The van der Waals surface area contributed by atoms with E-state index in [1.165, 1.54) is 6.07 Å². The van der Waals surface area contributed by atoms with Crippen molar-refractivity contribution in [2.24, 2.45) is 0 Å². The molecule has 2 aliphatic heterocycles. The van der Waals surface area contributed by atoms with Crippen molar-refractivity contribution >= 4 is 22.6 Å². The lowest BCUT2D eigenvalue weighted by Crippen LogP contribution is -2.35. The van der Waals surface area contributed by atoms with Gasteiger partial charge in [0.15, 0.2) is 0 Å². The van der Waals surface area contributed by atoms with Crippen LogP contribution in [0.3, 0.4) is 0 Å². The number of aromatic nitrogens is 5. The number of rotatable bonds is 9. The van der Waals surface area contributed by atoms with E-state index in [0.29, 0.717) is 22.4 Å². The third-order valence-corrected chi connectivity index (χ3v) is 8.56. The van der Waals surface area contributed by atoms with Crippen LogP contribution in [0.4, 0.5) is 4.39 Å². The van der Waals surface area contributed by atoms with E-state index in [0.717, 1.165) is 85.9 Å². The molecule has 1 atom stereocenters. The van der Waals surface area contributed by atoms with E-state index in [4.69, 9.17) is 31.0 Å². The summed E-state index contributed by atoms with van der Waals surface area (Å²) in [6.45, 7) is 4.46. The van der Waals surface area contributed by atoms with Gasteiger partial charge in [0.2, 0.25) is 5.88 Å². The van der Waals surface area contributed by atoms with Gasteiger partial charge in [-0.3, -0.25) is 10.00 Å². The normalized spacial score (nSPS) is 17.9. The number of likely N-dealkylation sites (tertiary alicyclic amines) is 1. The number of aromatic amines is 1. The van der Waals surface area contributed by atoms with Crippen molar-refractivity contribution in [2.75, 3.05) is 19.7 Å². The van der Waals surface area contributed by atoms with Crippen LogP contribution < -0.4 is 4.74 Å². The quantitative estimate of drug-likeness (QED) is 0.216. The topological polar surface area (TPSA) is 81.1 Å². The van der Waals surface area contributed by atoms with Crippen molar-refractivity contribution in [3.63, 3.8) is 0 Å². The highest BCUT2D eigenvalue weighted by molar-refractivity contribution is 6.30. The van der Waals surface area contributed by atoms with Gasteiger partial charge in [-0.05, 0) is 68.8 Å². The van der Waals surface area contributed by atoms with E-state index in [1.807, 2.05) is 18.2 Å². The molecule has 42 heavy (non-hydrogen) atoms. The number of ether oxygens (including phenoxy) is 2. The minimum Gasteiger partial charge on any atom is -0.473 e. The second-order valence-electron chi connectivity index (χ2n) is 11.1. The van der Waals surface area contributed by atoms with Gasteiger partial charge in [-0.1, -0.05) is 29.8 Å². The smallest absolute Gasteiger partial charge is 0.213 e. The lowest BCUT2D eigenvalue weighted by atomic mass is 9.93. The van der Waals surface area contributed by atoms with Crippen LogP contribution in [0, 0.1) is 5.82 Å². The van der Waals surface area contributed by atoms with Gasteiger partial charge in [0, 0.05) is 46.6 Å². The van der Waals surface area contributed by atoms with Gasteiger partial charge < -0.3 is 14.0 Å². The molecule has 1 N–H and O–H groups in total. The largest absolute Gasteiger partial charge is 0.473 e. The number of H-pyrrole nitrogens is 1. The summed E-state index contributed by atoms with van der Waals surface area (Å²) in [5.74, 6) is 1.55. The Hall–Kier alpha value is -3.79. The van der Waals surface area contributed by atoms with Gasteiger partial charge >= 0.3 is 0 Å². The second kappa shape index (κ2) is 11.8. The molecular weight excluding hydrogens is 555 g/mol. The Morgan fingerprint density at radius 1 is 1.02 bits per heavy atom. The van der Waals surface area contributed by atoms with Crippen molar-refractivity contribution in [3.8, 4) is 17.1 Å². The van der Waals surface area contributed by atoms with Crippen LogP contribution >= 0.6 is 11.6 Å². The highest BCUT2D eigenvalue weighted by atomic mass is 35.5. The molecule has 1 unspecified atom stereocenters. The second-order valence-corrected chi connectivity index (χ2v) is 11.5. The average molecular weight is 587 g/mol. The molecule has 0 spiro atoms. The molecule has 5 heterocycles. The van der Waals surface area contributed by atoms with E-state index in [1.54, 1.807) is 18.3 Å². The number of fused-ring (bicyclic) bond motifs is 1. The predicted molar refractivity (Wildman–Crippen MR) is 159 cm³/mol. The summed E-state index contributed by atoms with van der Waals surface area (Å²) >= 11 is 5.86. The molecule has 8 nitrogen and oxygen atoms in total. The monoisotopic (exact) mass is 586 g/mol. The molecule has 2 fully saturated rings. The number of hydrogen-bond acceptors (Lipinski definition) is 6. The van der Waals surface area contributed by atoms with Crippen molar-refractivity contribution in [2.45, 2.75) is 51.0 Å². The lowest BCUT2D eigenvalue weighted by Gasteiger charge is -2.32. The standard InChI is InChI=1S/C32H32ClFN6O2/c33-24-6-4-23(26(34)17-24)20-42-32-3-1-2-27(37-32)21-9-13-39(14-10-21)19-31-36-29-16-22(28-8-12-35-38-28)5-7-30(29)40(31)18-25-11-15-41-25/h1-8,12,16-17,21,25H,9-11,13-15,18-20H2,(H,35,38). The number of nitrogens with one attached hydrogen (secondary N) is 1. The Kier molecular flexibility index (Phi) is 7.63. The van der Waals surface area contributed by atoms with Crippen LogP contribution in [-0.4, -0.2) is 55.4 Å². The Morgan fingerprint density at radius 2 is 1.90 bits per heavy atom. The van der Waals surface area contributed by atoms with Crippen LogP contribution in [0.1, 0.15) is 42.3 Å². The van der Waals surface area contributed by atoms with Gasteiger partial charge in [0.05, 0.1) is 35.9 Å². The zero-order valence-electron chi connectivity index (χ0n) is 23.2. The molecule has 0 aliphatic carbocycles. The Labute approximate surface area is 248 Å². The van der Waals surface area contributed by atoms with Crippen LogP contribution in [0.5, 0.6) is 5.88 Å². The highest BCUT2D eigenvalue weighted by Gasteiger charge is 2.26. The van der Waals surface area contributed by atoms with E-state index < -0.39 is 0 Å². The summed E-state index contributed by atoms with van der Waals surface area (Å²) in [5.41, 5.74) is 5.66. The summed E-state index contributed by atoms with van der Waals surface area (Å²) in [4.78, 5) is 12.3. The molecule has 0 bridgehead atoms. The molecule has 7 rings (SSSR count). The molecule has 0 amide bonds. The zero-order chi connectivity index (χ0) is 28.5. The first-order valence-corrected chi connectivity index (χ1v) is 14.8. The number of benzene rings is 2. The fraction of sp³-hybridized carbons (Fsp3) is 0.344. The van der Waals surface area contributed by atoms with Gasteiger partial charge in [-0.25, -0.2) is 14.4 Å². The maximum absolute atomic E-state index is 14.2. The first-order valence-electron chi connectivity index (χ1n) is 14.5. The average Bonchev–Trinajstić information content (AvgIpc) is 3.63. The van der Waals surface area contributed by atoms with Gasteiger partial charge in [0.25, 0.3) is 0 Å². The molecule has 5 aromatic rings. The van der Waals surface area contributed by atoms with Crippen molar-refractivity contribution in [1.82, 2.24) is 29.6 Å². The first kappa shape index (κ1) is 27.1. The zero-order valence-corrected chi connectivity index (χ0v) is 23.9. The molecule has 0 radical (unpaired) electrons. The number of halogens is 2. The predicted octanol–water partition coefficient (Wildman–Crippen LogP) is 6.36. The third-order valence-electron chi connectivity index (χ3n) is 8.33. The van der Waals surface area contributed by atoms with Crippen LogP contribution in [0.2, 0.25) is 5.02 Å². The molecule has 216 valence electrons. The first-order chi connectivity index (χ1) is 20.6. The van der Waals surface area contributed by atoms with Gasteiger partial charge in [-0.2, -0.15) is 5.10 Å². The number of nitrogens with zero attached hydrogens (tertiary/aromatic N) is 5. The lowest BCUT2D eigenvalue weighted by molar-refractivity contribution is -0.0592. The van der Waals surface area contributed by atoms with Crippen molar-refractivity contribution in [3.05, 3.63) is 94.8 Å². The van der Waals surface area contributed by atoms with Crippen molar-refractivity contribution in [1.29, 1.82) is 0 Å².